The zero-order valence-electron chi connectivity index (χ0n) is 14.1. The van der Waals surface area contributed by atoms with Crippen LogP contribution in [0.1, 0.15) is 23.6 Å². The van der Waals surface area contributed by atoms with Gasteiger partial charge in [0, 0.05) is 12.2 Å². The van der Waals surface area contributed by atoms with E-state index in [0.717, 1.165) is 17.0 Å². The summed E-state index contributed by atoms with van der Waals surface area (Å²) in [5, 5.41) is 6.19. The van der Waals surface area contributed by atoms with Crippen LogP contribution in [0.2, 0.25) is 0 Å². The van der Waals surface area contributed by atoms with E-state index in [-0.39, 0.29) is 11.9 Å². The van der Waals surface area contributed by atoms with Crippen LogP contribution in [0.5, 0.6) is 5.75 Å². The Balaban J connectivity index is 1.89. The zero-order valence-corrected chi connectivity index (χ0v) is 14.1. The lowest BCUT2D eigenvalue weighted by atomic mass is 10.1. The molecule has 0 aliphatic rings. The summed E-state index contributed by atoms with van der Waals surface area (Å²) in [7, 11) is 1.64. The van der Waals surface area contributed by atoms with E-state index < -0.39 is 0 Å². The molecule has 2 rings (SSSR count). The minimum atomic E-state index is -0.297. The van der Waals surface area contributed by atoms with Gasteiger partial charge in [-0.1, -0.05) is 18.2 Å². The number of hydrogen-bond acceptors (Lipinski definition) is 3. The maximum absolute atomic E-state index is 12.2. The van der Waals surface area contributed by atoms with Crippen LogP contribution in [-0.2, 0) is 11.3 Å². The van der Waals surface area contributed by atoms with Crippen molar-refractivity contribution >= 4 is 11.6 Å². The lowest BCUT2D eigenvalue weighted by molar-refractivity contribution is -0.121. The predicted octanol–water partition coefficient (Wildman–Crippen LogP) is 3.43. The molecular formula is C19H24N2O2. The normalized spacial score (nSPS) is 11.7. The Labute approximate surface area is 137 Å². The average Bonchev–Trinajstić information content (AvgIpc) is 2.52. The van der Waals surface area contributed by atoms with Crippen molar-refractivity contribution in [1.29, 1.82) is 0 Å². The molecule has 0 unspecified atom stereocenters. The molecule has 0 saturated heterocycles. The minimum absolute atomic E-state index is 0.0278. The Morgan fingerprint density at radius 2 is 1.70 bits per heavy atom. The molecule has 4 nitrogen and oxygen atoms in total. The average molecular weight is 312 g/mol. The standard InChI is InChI=1S/C19H24N2O2/c1-13-9-14(2)11-17(10-13)21-15(3)19(22)20-12-16-5-7-18(23-4)8-6-16/h5-11,15,21H,12H2,1-4H3,(H,20,22)/t15-/m0/s1. The van der Waals surface area contributed by atoms with Crippen LogP contribution in [0.4, 0.5) is 5.69 Å². The van der Waals surface area contributed by atoms with Gasteiger partial charge in [0.2, 0.25) is 5.91 Å². The van der Waals surface area contributed by atoms with E-state index in [1.807, 2.05) is 57.2 Å². The molecule has 2 N–H and O–H groups in total. The second-order valence-electron chi connectivity index (χ2n) is 5.81. The molecule has 0 saturated carbocycles. The van der Waals surface area contributed by atoms with Crippen LogP contribution in [0.3, 0.4) is 0 Å². The van der Waals surface area contributed by atoms with Crippen molar-refractivity contribution in [1.82, 2.24) is 5.32 Å². The molecule has 2 aromatic rings. The summed E-state index contributed by atoms with van der Waals surface area (Å²) >= 11 is 0. The summed E-state index contributed by atoms with van der Waals surface area (Å²) in [6, 6.07) is 13.6. The number of carbonyl (C=O) groups excluding carboxylic acids is 1. The maximum Gasteiger partial charge on any atom is 0.242 e. The first kappa shape index (κ1) is 16.9. The second-order valence-corrected chi connectivity index (χ2v) is 5.81. The van der Waals surface area contributed by atoms with Gasteiger partial charge in [-0.3, -0.25) is 4.79 Å². The largest absolute Gasteiger partial charge is 0.497 e. The highest BCUT2D eigenvalue weighted by Gasteiger charge is 2.12. The molecule has 23 heavy (non-hydrogen) atoms. The van der Waals surface area contributed by atoms with Gasteiger partial charge >= 0.3 is 0 Å². The quantitative estimate of drug-likeness (QED) is 0.859. The number of rotatable bonds is 6. The van der Waals surface area contributed by atoms with Crippen molar-refractivity contribution in [3.8, 4) is 5.75 Å². The molecule has 0 aliphatic carbocycles. The molecule has 0 spiro atoms. The zero-order chi connectivity index (χ0) is 16.8. The Morgan fingerprint density at radius 3 is 2.26 bits per heavy atom. The highest BCUT2D eigenvalue weighted by Crippen LogP contribution is 2.15. The van der Waals surface area contributed by atoms with Gasteiger partial charge in [-0.05, 0) is 61.7 Å². The minimum Gasteiger partial charge on any atom is -0.497 e. The van der Waals surface area contributed by atoms with Gasteiger partial charge in [0.1, 0.15) is 11.8 Å². The first-order valence-electron chi connectivity index (χ1n) is 7.73. The first-order valence-corrected chi connectivity index (χ1v) is 7.73. The van der Waals surface area contributed by atoms with Crippen molar-refractivity contribution in [2.24, 2.45) is 0 Å². The Morgan fingerprint density at radius 1 is 1.09 bits per heavy atom. The summed E-state index contributed by atoms with van der Waals surface area (Å²) in [4.78, 5) is 12.2. The van der Waals surface area contributed by atoms with Crippen LogP contribution in [-0.4, -0.2) is 19.1 Å². The number of methoxy groups -OCH3 is 1. The number of nitrogens with one attached hydrogen (secondary N) is 2. The fourth-order valence-electron chi connectivity index (χ4n) is 2.46. The van der Waals surface area contributed by atoms with E-state index in [9.17, 15) is 4.79 Å². The van der Waals surface area contributed by atoms with Crippen molar-refractivity contribution in [2.75, 3.05) is 12.4 Å². The molecule has 1 atom stereocenters. The van der Waals surface area contributed by atoms with Crippen LogP contribution >= 0.6 is 0 Å². The van der Waals surface area contributed by atoms with Gasteiger partial charge in [0.25, 0.3) is 0 Å². The molecule has 0 heterocycles. The Kier molecular flexibility index (Phi) is 5.63. The first-order chi connectivity index (χ1) is 11.0. The Hall–Kier alpha value is -2.49. The van der Waals surface area contributed by atoms with Gasteiger partial charge < -0.3 is 15.4 Å². The highest BCUT2D eigenvalue weighted by atomic mass is 16.5. The number of amides is 1. The van der Waals surface area contributed by atoms with E-state index in [1.54, 1.807) is 7.11 Å². The van der Waals surface area contributed by atoms with Crippen LogP contribution < -0.4 is 15.4 Å². The SMILES string of the molecule is COc1ccc(CNC(=O)[C@H](C)Nc2cc(C)cc(C)c2)cc1. The fourth-order valence-corrected chi connectivity index (χ4v) is 2.46. The van der Waals surface area contributed by atoms with E-state index in [2.05, 4.69) is 16.7 Å². The predicted molar refractivity (Wildman–Crippen MR) is 93.8 cm³/mol. The third-order valence-electron chi connectivity index (χ3n) is 3.62. The van der Waals surface area contributed by atoms with E-state index in [4.69, 9.17) is 4.74 Å². The number of aryl methyl sites for hydroxylation is 2. The summed E-state index contributed by atoms with van der Waals surface area (Å²) in [6.45, 7) is 6.46. The number of hydrogen-bond donors (Lipinski definition) is 2. The topological polar surface area (TPSA) is 50.4 Å². The van der Waals surface area contributed by atoms with Crippen molar-refractivity contribution in [3.05, 3.63) is 59.2 Å². The fraction of sp³-hybridized carbons (Fsp3) is 0.316. The molecule has 0 aliphatic heterocycles. The molecule has 4 heteroatoms. The lowest BCUT2D eigenvalue weighted by Crippen LogP contribution is -2.37. The van der Waals surface area contributed by atoms with Crippen LogP contribution in [0.25, 0.3) is 0 Å². The number of ether oxygens (including phenoxy) is 1. The van der Waals surface area contributed by atoms with E-state index in [0.29, 0.717) is 6.54 Å². The molecule has 0 fully saturated rings. The van der Waals surface area contributed by atoms with Gasteiger partial charge in [0.15, 0.2) is 0 Å². The van der Waals surface area contributed by atoms with Crippen molar-refractivity contribution in [3.63, 3.8) is 0 Å². The van der Waals surface area contributed by atoms with Gasteiger partial charge in [-0.2, -0.15) is 0 Å². The summed E-state index contributed by atoms with van der Waals surface area (Å²) in [5.41, 5.74) is 4.36. The molecule has 0 bridgehead atoms. The number of anilines is 1. The summed E-state index contributed by atoms with van der Waals surface area (Å²) in [6.07, 6.45) is 0. The van der Waals surface area contributed by atoms with Crippen molar-refractivity contribution < 1.29 is 9.53 Å². The summed E-state index contributed by atoms with van der Waals surface area (Å²) < 4.78 is 5.12. The van der Waals surface area contributed by atoms with Gasteiger partial charge in [-0.25, -0.2) is 0 Å². The molecular weight excluding hydrogens is 288 g/mol. The molecule has 0 aromatic heterocycles. The molecule has 1 amide bonds. The Bertz CT molecular complexity index is 645. The van der Waals surface area contributed by atoms with Crippen molar-refractivity contribution in [2.45, 2.75) is 33.4 Å². The van der Waals surface area contributed by atoms with Gasteiger partial charge in [0.05, 0.1) is 7.11 Å². The van der Waals surface area contributed by atoms with Crippen LogP contribution in [0.15, 0.2) is 42.5 Å². The molecule has 0 radical (unpaired) electrons. The monoisotopic (exact) mass is 312 g/mol. The van der Waals surface area contributed by atoms with Crippen LogP contribution in [0, 0.1) is 13.8 Å². The number of benzene rings is 2. The number of carbonyl (C=O) groups is 1. The molecule has 2 aromatic carbocycles. The van der Waals surface area contributed by atoms with E-state index >= 15 is 0 Å². The lowest BCUT2D eigenvalue weighted by Gasteiger charge is -2.16. The third kappa shape index (κ3) is 5.02. The maximum atomic E-state index is 12.2. The highest BCUT2D eigenvalue weighted by molar-refractivity contribution is 5.84. The second kappa shape index (κ2) is 7.68. The smallest absolute Gasteiger partial charge is 0.242 e. The van der Waals surface area contributed by atoms with Gasteiger partial charge in [-0.15, -0.1) is 0 Å². The summed E-state index contributed by atoms with van der Waals surface area (Å²) in [5.74, 6) is 0.782. The third-order valence-corrected chi connectivity index (χ3v) is 3.62. The van der Waals surface area contributed by atoms with E-state index in [1.165, 1.54) is 11.1 Å². The molecule has 122 valence electrons.